The Hall–Kier alpha value is -4.07. The van der Waals surface area contributed by atoms with E-state index in [1.54, 1.807) is 49.5 Å². The molecule has 1 heterocycles. The third-order valence-electron chi connectivity index (χ3n) is 5.79. The fraction of sp³-hybridized carbons (Fsp3) is 0.259. The van der Waals surface area contributed by atoms with Crippen molar-refractivity contribution in [3.05, 3.63) is 89.2 Å². The number of nitrogens with zero attached hydrogens (tertiary/aromatic N) is 2. The average Bonchev–Trinajstić information content (AvgIpc) is 3.37. The molecule has 0 N–H and O–H groups in total. The number of halogens is 1. The Morgan fingerprint density at radius 3 is 2.46 bits per heavy atom. The van der Waals surface area contributed by atoms with Gasteiger partial charge in [-0.15, -0.1) is 0 Å². The first-order valence-corrected chi connectivity index (χ1v) is 11.1. The van der Waals surface area contributed by atoms with Crippen molar-refractivity contribution in [3.63, 3.8) is 0 Å². The van der Waals surface area contributed by atoms with Gasteiger partial charge in [0, 0.05) is 24.6 Å². The molecular formula is C27H27FN2O5. The fourth-order valence-corrected chi connectivity index (χ4v) is 3.99. The molecule has 0 unspecified atom stereocenters. The average molecular weight is 479 g/mol. The van der Waals surface area contributed by atoms with Gasteiger partial charge in [-0.2, -0.15) is 0 Å². The van der Waals surface area contributed by atoms with Crippen LogP contribution in [0.25, 0.3) is 0 Å². The number of ether oxygens (including phenoxy) is 3. The maximum absolute atomic E-state index is 13.7. The summed E-state index contributed by atoms with van der Waals surface area (Å²) in [6, 6.07) is 18.7. The van der Waals surface area contributed by atoms with Crippen LogP contribution in [0.1, 0.15) is 27.9 Å². The van der Waals surface area contributed by atoms with Gasteiger partial charge in [-0.05, 0) is 42.0 Å². The molecule has 3 aromatic carbocycles. The van der Waals surface area contributed by atoms with E-state index in [9.17, 15) is 9.18 Å². The van der Waals surface area contributed by atoms with Crippen LogP contribution in [-0.2, 0) is 11.4 Å². The Morgan fingerprint density at radius 1 is 1.00 bits per heavy atom. The number of rotatable bonds is 9. The summed E-state index contributed by atoms with van der Waals surface area (Å²) in [4.78, 5) is 21.0. The maximum Gasteiger partial charge on any atom is 0.258 e. The normalized spacial score (nSPS) is 14.6. The largest absolute Gasteiger partial charge is 0.497 e. The molecule has 1 aliphatic rings. The van der Waals surface area contributed by atoms with E-state index in [-0.39, 0.29) is 30.9 Å². The van der Waals surface area contributed by atoms with Gasteiger partial charge in [-0.1, -0.05) is 29.4 Å². The summed E-state index contributed by atoms with van der Waals surface area (Å²) in [7, 11) is 4.66. The number of carbonyl (C=O) groups excluding carboxylic acids is 1. The highest BCUT2D eigenvalue weighted by Gasteiger charge is 2.29. The van der Waals surface area contributed by atoms with Crippen molar-refractivity contribution in [3.8, 4) is 17.2 Å². The zero-order valence-electron chi connectivity index (χ0n) is 19.9. The lowest BCUT2D eigenvalue weighted by molar-refractivity contribution is 0.0403. The van der Waals surface area contributed by atoms with Crippen LogP contribution in [0.4, 0.5) is 4.39 Å². The lowest BCUT2D eigenvalue weighted by atomic mass is 10.0. The summed E-state index contributed by atoms with van der Waals surface area (Å²) in [5, 5.41) is 4.26. The number of benzene rings is 3. The molecule has 0 saturated carbocycles. The van der Waals surface area contributed by atoms with Crippen LogP contribution in [0.15, 0.2) is 71.9 Å². The van der Waals surface area contributed by atoms with Crippen molar-refractivity contribution in [1.29, 1.82) is 0 Å². The predicted octanol–water partition coefficient (Wildman–Crippen LogP) is 4.69. The zero-order chi connectivity index (χ0) is 24.8. The molecular weight excluding hydrogens is 451 g/mol. The second-order valence-electron chi connectivity index (χ2n) is 8.05. The standard InChI is InChI=1S/C27H27FN2O5/c1-32-20-12-13-23(26(15-20)34-3)27(31)30(16-18-8-10-19(28)11-9-18)17-21-14-24(29-35-21)22-6-4-5-7-25(22)33-2/h4-13,15,21H,14,16-17H2,1-3H3/t21-/m1/s1. The Kier molecular flexibility index (Phi) is 7.50. The SMILES string of the molecule is COc1ccc(C(=O)N(Cc2ccc(F)cc2)C[C@H]2CC(c3ccccc3OC)=NO2)c(OC)c1. The topological polar surface area (TPSA) is 69.6 Å². The smallest absolute Gasteiger partial charge is 0.258 e. The minimum absolute atomic E-state index is 0.247. The van der Waals surface area contributed by atoms with Crippen molar-refractivity contribution >= 4 is 11.6 Å². The van der Waals surface area contributed by atoms with Crippen molar-refractivity contribution < 1.29 is 28.2 Å². The number of oxime groups is 1. The molecule has 7 nitrogen and oxygen atoms in total. The second-order valence-corrected chi connectivity index (χ2v) is 8.05. The van der Waals surface area contributed by atoms with E-state index in [2.05, 4.69) is 5.16 Å². The molecule has 8 heteroatoms. The molecule has 1 aliphatic heterocycles. The van der Waals surface area contributed by atoms with E-state index >= 15 is 0 Å². The lowest BCUT2D eigenvalue weighted by Crippen LogP contribution is -2.37. The van der Waals surface area contributed by atoms with E-state index in [1.807, 2.05) is 24.3 Å². The van der Waals surface area contributed by atoms with Gasteiger partial charge in [0.1, 0.15) is 23.1 Å². The maximum atomic E-state index is 13.7. The summed E-state index contributed by atoms with van der Waals surface area (Å²) in [5.74, 6) is 1.10. The van der Waals surface area contributed by atoms with Crippen LogP contribution in [0.3, 0.4) is 0 Å². The predicted molar refractivity (Wildman–Crippen MR) is 130 cm³/mol. The summed E-state index contributed by atoms with van der Waals surface area (Å²) in [6.07, 6.45) is 0.149. The molecule has 182 valence electrons. The molecule has 0 bridgehead atoms. The molecule has 0 fully saturated rings. The molecule has 0 aliphatic carbocycles. The second kappa shape index (κ2) is 10.9. The molecule has 3 aromatic rings. The van der Waals surface area contributed by atoms with Gasteiger partial charge in [-0.3, -0.25) is 4.79 Å². The summed E-state index contributed by atoms with van der Waals surface area (Å²) < 4.78 is 29.6. The number of para-hydroxylation sites is 1. The molecule has 35 heavy (non-hydrogen) atoms. The van der Waals surface area contributed by atoms with Crippen LogP contribution in [0, 0.1) is 5.82 Å². The highest BCUT2D eigenvalue weighted by molar-refractivity contribution is 6.03. The van der Waals surface area contributed by atoms with E-state index in [1.165, 1.54) is 19.2 Å². The summed E-state index contributed by atoms with van der Waals surface area (Å²) in [5.41, 5.74) is 2.78. The first-order chi connectivity index (χ1) is 17.0. The van der Waals surface area contributed by atoms with Crippen molar-refractivity contribution in [2.75, 3.05) is 27.9 Å². The van der Waals surface area contributed by atoms with Gasteiger partial charge in [0.05, 0.1) is 39.1 Å². The molecule has 1 amide bonds. The van der Waals surface area contributed by atoms with Gasteiger partial charge in [0.2, 0.25) is 0 Å². The van der Waals surface area contributed by atoms with Crippen LogP contribution in [0.5, 0.6) is 17.2 Å². The minimum Gasteiger partial charge on any atom is -0.497 e. The van der Waals surface area contributed by atoms with Gasteiger partial charge < -0.3 is 23.9 Å². The van der Waals surface area contributed by atoms with Gasteiger partial charge in [0.15, 0.2) is 6.10 Å². The highest BCUT2D eigenvalue weighted by atomic mass is 19.1. The van der Waals surface area contributed by atoms with Crippen molar-refractivity contribution in [1.82, 2.24) is 4.90 Å². The van der Waals surface area contributed by atoms with Crippen LogP contribution in [-0.4, -0.2) is 50.5 Å². The molecule has 0 spiro atoms. The third-order valence-corrected chi connectivity index (χ3v) is 5.79. The van der Waals surface area contributed by atoms with Gasteiger partial charge in [-0.25, -0.2) is 4.39 Å². The monoisotopic (exact) mass is 478 g/mol. The number of carbonyl (C=O) groups is 1. The Balaban J connectivity index is 1.57. The Labute approximate surface area is 203 Å². The number of amides is 1. The highest BCUT2D eigenvalue weighted by Crippen LogP contribution is 2.28. The number of hydrogen-bond donors (Lipinski definition) is 0. The Morgan fingerprint density at radius 2 is 1.74 bits per heavy atom. The van der Waals surface area contributed by atoms with Crippen LogP contribution >= 0.6 is 0 Å². The zero-order valence-corrected chi connectivity index (χ0v) is 19.9. The van der Waals surface area contributed by atoms with E-state index in [4.69, 9.17) is 19.0 Å². The van der Waals surface area contributed by atoms with Crippen molar-refractivity contribution in [2.45, 2.75) is 19.1 Å². The molecule has 0 radical (unpaired) electrons. The van der Waals surface area contributed by atoms with Crippen molar-refractivity contribution in [2.24, 2.45) is 5.16 Å². The first kappa shape index (κ1) is 24.1. The van der Waals surface area contributed by atoms with Gasteiger partial charge >= 0.3 is 0 Å². The van der Waals surface area contributed by atoms with E-state index in [0.717, 1.165) is 16.8 Å². The van der Waals surface area contributed by atoms with Crippen LogP contribution < -0.4 is 14.2 Å². The fourth-order valence-electron chi connectivity index (χ4n) is 3.99. The number of hydrogen-bond acceptors (Lipinski definition) is 6. The lowest BCUT2D eigenvalue weighted by Gasteiger charge is -2.26. The molecule has 0 aromatic heterocycles. The number of methoxy groups -OCH3 is 3. The quantitative estimate of drug-likeness (QED) is 0.446. The minimum atomic E-state index is -0.358. The van der Waals surface area contributed by atoms with Crippen LogP contribution in [0.2, 0.25) is 0 Å². The Bertz CT molecular complexity index is 1210. The van der Waals surface area contributed by atoms with E-state index < -0.39 is 0 Å². The molecule has 1 atom stereocenters. The third kappa shape index (κ3) is 5.54. The molecule has 4 rings (SSSR count). The first-order valence-electron chi connectivity index (χ1n) is 11.1. The summed E-state index contributed by atoms with van der Waals surface area (Å²) in [6.45, 7) is 0.533. The van der Waals surface area contributed by atoms with Gasteiger partial charge in [0.25, 0.3) is 5.91 Å². The van der Waals surface area contributed by atoms with E-state index in [0.29, 0.717) is 29.2 Å². The summed E-state index contributed by atoms with van der Waals surface area (Å²) >= 11 is 0. The molecule has 0 saturated heterocycles.